The number of carbonyl (C=O) groups excluding carboxylic acids is 2. The van der Waals surface area contributed by atoms with Crippen molar-refractivity contribution in [3.8, 4) is 11.3 Å². The van der Waals surface area contributed by atoms with Crippen molar-refractivity contribution in [1.29, 1.82) is 0 Å². The summed E-state index contributed by atoms with van der Waals surface area (Å²) >= 11 is 0. The number of halogens is 1. The maximum atomic E-state index is 14.8. The van der Waals surface area contributed by atoms with E-state index in [9.17, 15) is 14.0 Å². The maximum Gasteiger partial charge on any atom is 0.293 e. The van der Waals surface area contributed by atoms with Crippen LogP contribution >= 0.6 is 0 Å². The standard InChI is InChI=1S/C26H24FN7O3/c1-12-23(37-13(2)30-12)25(36)31-16-5-6-19(27)18(8-16)20-11-34-10-17(9-29-26(34)33-20)32-24(35)21-14-3-4-15(7-14)22(21)28/h3-6,8-11,14-15,21-22H,7,28H2,1-2H3,(H,31,36)(H,32,35)/t14-,15?,21+,22?/m0/s1. The second-order valence-corrected chi connectivity index (χ2v) is 9.51. The first kappa shape index (κ1) is 23.0. The number of anilines is 2. The van der Waals surface area contributed by atoms with Gasteiger partial charge < -0.3 is 20.8 Å². The van der Waals surface area contributed by atoms with Gasteiger partial charge in [-0.3, -0.25) is 14.0 Å². The monoisotopic (exact) mass is 501 g/mol. The van der Waals surface area contributed by atoms with Gasteiger partial charge in [0.1, 0.15) is 5.82 Å². The summed E-state index contributed by atoms with van der Waals surface area (Å²) in [7, 11) is 0. The van der Waals surface area contributed by atoms with E-state index in [1.807, 2.05) is 0 Å². The summed E-state index contributed by atoms with van der Waals surface area (Å²) < 4.78 is 21.7. The first-order chi connectivity index (χ1) is 17.8. The van der Waals surface area contributed by atoms with Crippen molar-refractivity contribution in [3.63, 3.8) is 0 Å². The molecule has 4 atom stereocenters. The molecular formula is C26H24FN7O3. The summed E-state index contributed by atoms with van der Waals surface area (Å²) in [6, 6.07) is 3.99. The predicted molar refractivity (Wildman–Crippen MR) is 133 cm³/mol. The molecule has 0 radical (unpaired) electrons. The van der Waals surface area contributed by atoms with Crippen molar-refractivity contribution in [2.75, 3.05) is 10.6 Å². The van der Waals surface area contributed by atoms with E-state index in [0.29, 0.717) is 34.4 Å². The molecule has 11 heteroatoms. The lowest BCUT2D eigenvalue weighted by Gasteiger charge is -2.23. The molecule has 4 aromatic rings. The van der Waals surface area contributed by atoms with Crippen LogP contribution in [0.3, 0.4) is 0 Å². The number of hydrogen-bond acceptors (Lipinski definition) is 7. The number of allylic oxidation sites excluding steroid dienone is 1. The lowest BCUT2D eigenvalue weighted by atomic mass is 9.89. The molecule has 2 amide bonds. The van der Waals surface area contributed by atoms with Crippen molar-refractivity contribution in [1.82, 2.24) is 19.4 Å². The van der Waals surface area contributed by atoms with E-state index < -0.39 is 11.7 Å². The van der Waals surface area contributed by atoms with Crippen molar-refractivity contribution < 1.29 is 18.4 Å². The van der Waals surface area contributed by atoms with Crippen LogP contribution < -0.4 is 16.4 Å². The predicted octanol–water partition coefficient (Wildman–Crippen LogP) is 3.48. The zero-order valence-corrected chi connectivity index (χ0v) is 20.1. The Morgan fingerprint density at radius 1 is 1.11 bits per heavy atom. The average molecular weight is 502 g/mol. The molecule has 10 nitrogen and oxygen atoms in total. The maximum absolute atomic E-state index is 14.8. The largest absolute Gasteiger partial charge is 0.436 e. The molecule has 0 saturated heterocycles. The Morgan fingerprint density at radius 2 is 1.92 bits per heavy atom. The van der Waals surface area contributed by atoms with Crippen molar-refractivity contribution in [2.45, 2.75) is 26.3 Å². The van der Waals surface area contributed by atoms with Crippen LogP contribution in [0.2, 0.25) is 0 Å². The highest BCUT2D eigenvalue weighted by atomic mass is 19.1. The van der Waals surface area contributed by atoms with Crippen LogP contribution in [0.5, 0.6) is 0 Å². The first-order valence-corrected chi connectivity index (χ1v) is 11.9. The number of imidazole rings is 1. The van der Waals surface area contributed by atoms with Gasteiger partial charge in [0.2, 0.25) is 17.4 Å². The zero-order chi connectivity index (χ0) is 25.8. The molecule has 2 unspecified atom stereocenters. The van der Waals surface area contributed by atoms with Crippen LogP contribution in [-0.4, -0.2) is 37.2 Å². The second kappa shape index (κ2) is 8.63. The number of oxazole rings is 1. The molecule has 6 rings (SSSR count). The summed E-state index contributed by atoms with van der Waals surface area (Å²) in [6.07, 6.45) is 9.86. The Bertz CT molecular complexity index is 1590. The zero-order valence-electron chi connectivity index (χ0n) is 20.1. The lowest BCUT2D eigenvalue weighted by Crippen LogP contribution is -2.41. The van der Waals surface area contributed by atoms with Crippen LogP contribution in [0, 0.1) is 37.4 Å². The molecule has 1 fully saturated rings. The SMILES string of the molecule is Cc1nc(C)c(C(=O)Nc2ccc(F)c(-c3cn4cc(NC(=O)[C@H]5C(N)C6C=C[C@H]5C6)cnc4n3)c2)o1. The van der Waals surface area contributed by atoms with E-state index >= 15 is 0 Å². The van der Waals surface area contributed by atoms with Crippen LogP contribution in [0.4, 0.5) is 15.8 Å². The number of hydrogen-bond donors (Lipinski definition) is 3. The van der Waals surface area contributed by atoms with Crippen LogP contribution in [0.1, 0.15) is 28.6 Å². The molecule has 4 N–H and O–H groups in total. The number of rotatable bonds is 5. The van der Waals surface area contributed by atoms with Gasteiger partial charge in [0, 0.05) is 36.6 Å². The molecular weight excluding hydrogens is 477 g/mol. The number of carbonyl (C=O) groups is 2. The molecule has 3 aromatic heterocycles. The fourth-order valence-corrected chi connectivity index (χ4v) is 5.26. The number of fused-ring (bicyclic) bond motifs is 3. The molecule has 0 spiro atoms. The molecule has 2 bridgehead atoms. The normalized spacial score (nSPS) is 22.1. The third-order valence-corrected chi connectivity index (χ3v) is 7.01. The third kappa shape index (κ3) is 4.06. The fourth-order valence-electron chi connectivity index (χ4n) is 5.26. The van der Waals surface area contributed by atoms with Gasteiger partial charge in [-0.25, -0.2) is 19.3 Å². The Balaban J connectivity index is 1.23. The summed E-state index contributed by atoms with van der Waals surface area (Å²) in [6.45, 7) is 3.32. The minimum Gasteiger partial charge on any atom is -0.436 e. The number of nitrogens with two attached hydrogens (primary N) is 1. The van der Waals surface area contributed by atoms with E-state index in [1.54, 1.807) is 30.6 Å². The van der Waals surface area contributed by atoms with Gasteiger partial charge in [0.05, 0.1) is 29.2 Å². The highest BCUT2D eigenvalue weighted by molar-refractivity contribution is 6.03. The van der Waals surface area contributed by atoms with Crippen LogP contribution in [0.15, 0.2) is 53.4 Å². The van der Waals surface area contributed by atoms with Gasteiger partial charge in [0.15, 0.2) is 5.89 Å². The van der Waals surface area contributed by atoms with Crippen molar-refractivity contribution >= 4 is 29.0 Å². The number of aromatic nitrogens is 4. The van der Waals surface area contributed by atoms with Crippen LogP contribution in [-0.2, 0) is 4.79 Å². The van der Waals surface area contributed by atoms with Gasteiger partial charge in [-0.05, 0) is 43.4 Å². The van der Waals surface area contributed by atoms with Gasteiger partial charge in [-0.15, -0.1) is 0 Å². The summed E-state index contributed by atoms with van der Waals surface area (Å²) in [5.74, 6) is -0.213. The molecule has 2 aliphatic carbocycles. The summed E-state index contributed by atoms with van der Waals surface area (Å²) in [4.78, 5) is 38.3. The van der Waals surface area contributed by atoms with E-state index in [0.717, 1.165) is 6.42 Å². The summed E-state index contributed by atoms with van der Waals surface area (Å²) in [5.41, 5.74) is 8.07. The van der Waals surface area contributed by atoms with E-state index in [2.05, 4.69) is 37.7 Å². The highest BCUT2D eigenvalue weighted by Gasteiger charge is 2.46. The molecule has 3 heterocycles. The van der Waals surface area contributed by atoms with E-state index in [4.69, 9.17) is 10.2 Å². The number of nitrogens with zero attached hydrogens (tertiary/aromatic N) is 4. The molecule has 2 aliphatic rings. The molecule has 1 saturated carbocycles. The van der Waals surface area contributed by atoms with Crippen LogP contribution in [0.25, 0.3) is 17.0 Å². The fraction of sp³-hybridized carbons (Fsp3) is 0.269. The number of benzene rings is 1. The molecule has 1 aromatic carbocycles. The van der Waals surface area contributed by atoms with Gasteiger partial charge >= 0.3 is 0 Å². The first-order valence-electron chi connectivity index (χ1n) is 11.9. The Kier molecular flexibility index (Phi) is 5.37. The summed E-state index contributed by atoms with van der Waals surface area (Å²) in [5, 5.41) is 5.61. The minimum atomic E-state index is -0.514. The average Bonchev–Trinajstić information content (AvgIpc) is 3.63. The Morgan fingerprint density at radius 3 is 2.65 bits per heavy atom. The Labute approximate surface area is 210 Å². The quantitative estimate of drug-likeness (QED) is 0.356. The number of amides is 2. The van der Waals surface area contributed by atoms with Crippen molar-refractivity contribution in [2.24, 2.45) is 23.5 Å². The highest BCUT2D eigenvalue weighted by Crippen LogP contribution is 2.43. The minimum absolute atomic E-state index is 0.0947. The number of nitrogens with one attached hydrogen (secondary N) is 2. The molecule has 0 aliphatic heterocycles. The van der Waals surface area contributed by atoms with Gasteiger partial charge in [0.25, 0.3) is 5.91 Å². The van der Waals surface area contributed by atoms with Gasteiger partial charge in [-0.1, -0.05) is 12.2 Å². The molecule has 37 heavy (non-hydrogen) atoms. The van der Waals surface area contributed by atoms with Crippen molar-refractivity contribution in [3.05, 3.63) is 72.1 Å². The lowest BCUT2D eigenvalue weighted by molar-refractivity contribution is -0.120. The third-order valence-electron chi connectivity index (χ3n) is 7.01. The topological polar surface area (TPSA) is 140 Å². The Hall–Kier alpha value is -4.38. The smallest absolute Gasteiger partial charge is 0.293 e. The number of aryl methyl sites for hydroxylation is 2. The van der Waals surface area contributed by atoms with Gasteiger partial charge in [-0.2, -0.15) is 0 Å². The van der Waals surface area contributed by atoms with E-state index in [1.165, 1.54) is 24.4 Å². The molecule has 188 valence electrons. The van der Waals surface area contributed by atoms with E-state index in [-0.39, 0.29) is 41.0 Å². The second-order valence-electron chi connectivity index (χ2n) is 9.51.